The lowest BCUT2D eigenvalue weighted by Crippen LogP contribution is -2.48. The molecule has 0 amide bonds. The first-order chi connectivity index (χ1) is 16.7. The first-order valence-electron chi connectivity index (χ1n) is 11.1. The van der Waals surface area contributed by atoms with Crippen LogP contribution in [0.15, 0.2) is 77.7 Å². The highest BCUT2D eigenvalue weighted by atomic mass is 32.2. The number of sulfonamides is 1. The number of aryl methyl sites for hydroxylation is 1. The lowest BCUT2D eigenvalue weighted by Gasteiger charge is -2.35. The van der Waals surface area contributed by atoms with Gasteiger partial charge in [0.05, 0.1) is 10.5 Å². The van der Waals surface area contributed by atoms with Crippen molar-refractivity contribution in [1.29, 1.82) is 0 Å². The third-order valence-electron chi connectivity index (χ3n) is 5.85. The number of ketones is 1. The smallest absolute Gasteiger partial charge is 0.338 e. The third kappa shape index (κ3) is 5.75. The molecule has 1 fully saturated rings. The van der Waals surface area contributed by atoms with Crippen molar-refractivity contribution >= 4 is 27.5 Å². The maximum absolute atomic E-state index is 13.2. The Morgan fingerprint density at radius 1 is 0.886 bits per heavy atom. The number of hydrogen-bond donors (Lipinski definition) is 0. The van der Waals surface area contributed by atoms with Gasteiger partial charge in [-0.05, 0) is 49.4 Å². The van der Waals surface area contributed by atoms with Crippen molar-refractivity contribution in [3.63, 3.8) is 0 Å². The Balaban J connectivity index is 1.39. The molecule has 0 aliphatic carbocycles. The molecule has 0 spiro atoms. The van der Waals surface area contributed by atoms with Crippen molar-refractivity contribution in [2.24, 2.45) is 0 Å². The van der Waals surface area contributed by atoms with Crippen LogP contribution in [0.5, 0.6) is 0 Å². The molecule has 3 aromatic carbocycles. The SMILES string of the molecule is Cc1ccc(C(=O)COC(=O)c2cccc(S(=O)(=O)N3CCN(c4ccc(F)cc4)CC3)c2)cc1. The van der Waals surface area contributed by atoms with Crippen molar-refractivity contribution in [1.82, 2.24) is 4.31 Å². The molecule has 0 atom stereocenters. The van der Waals surface area contributed by atoms with Crippen LogP contribution in [0.1, 0.15) is 26.3 Å². The summed E-state index contributed by atoms with van der Waals surface area (Å²) in [6.07, 6.45) is 0. The molecular formula is C26H25FN2O5S. The number of anilines is 1. The van der Waals surface area contributed by atoms with E-state index >= 15 is 0 Å². The van der Waals surface area contributed by atoms with Crippen LogP contribution >= 0.6 is 0 Å². The zero-order valence-electron chi connectivity index (χ0n) is 19.2. The van der Waals surface area contributed by atoms with Crippen LogP contribution in [0.2, 0.25) is 0 Å². The fraction of sp³-hybridized carbons (Fsp3) is 0.231. The summed E-state index contributed by atoms with van der Waals surface area (Å²) >= 11 is 0. The first kappa shape index (κ1) is 24.6. The summed E-state index contributed by atoms with van der Waals surface area (Å²) in [5, 5.41) is 0. The summed E-state index contributed by atoms with van der Waals surface area (Å²) in [7, 11) is -3.84. The summed E-state index contributed by atoms with van der Waals surface area (Å²) in [6, 6.07) is 18.6. The average Bonchev–Trinajstić information content (AvgIpc) is 2.88. The van der Waals surface area contributed by atoms with Crippen LogP contribution in [-0.2, 0) is 14.8 Å². The predicted molar refractivity (Wildman–Crippen MR) is 130 cm³/mol. The van der Waals surface area contributed by atoms with Crippen LogP contribution in [-0.4, -0.2) is 57.3 Å². The van der Waals surface area contributed by atoms with E-state index in [-0.39, 0.29) is 35.1 Å². The summed E-state index contributed by atoms with van der Waals surface area (Å²) < 4.78 is 46.0. The number of carbonyl (C=O) groups excluding carboxylic acids is 2. The lowest BCUT2D eigenvalue weighted by atomic mass is 10.1. The number of benzene rings is 3. The van der Waals surface area contributed by atoms with Gasteiger partial charge in [0.15, 0.2) is 12.4 Å². The zero-order chi connectivity index (χ0) is 25.0. The van der Waals surface area contributed by atoms with Crippen LogP contribution in [0.25, 0.3) is 0 Å². The normalized spacial score (nSPS) is 14.5. The fourth-order valence-electron chi connectivity index (χ4n) is 3.81. The Morgan fingerprint density at radius 3 is 2.20 bits per heavy atom. The molecular weight excluding hydrogens is 471 g/mol. The number of piperazine rings is 1. The molecule has 1 aliphatic rings. The van der Waals surface area contributed by atoms with Gasteiger partial charge in [0.1, 0.15) is 5.82 Å². The molecule has 7 nitrogen and oxygen atoms in total. The van der Waals surface area contributed by atoms with Crippen LogP contribution < -0.4 is 4.90 Å². The van der Waals surface area contributed by atoms with E-state index in [0.29, 0.717) is 18.7 Å². The Hall–Kier alpha value is -3.56. The highest BCUT2D eigenvalue weighted by Gasteiger charge is 2.29. The van der Waals surface area contributed by atoms with Crippen molar-refractivity contribution in [3.8, 4) is 0 Å². The van der Waals surface area contributed by atoms with Crippen molar-refractivity contribution in [3.05, 3.63) is 95.3 Å². The Morgan fingerprint density at radius 2 is 1.54 bits per heavy atom. The molecule has 0 bridgehead atoms. The molecule has 0 aromatic heterocycles. The number of hydrogen-bond acceptors (Lipinski definition) is 6. The molecule has 9 heteroatoms. The van der Waals surface area contributed by atoms with Crippen LogP contribution in [0, 0.1) is 12.7 Å². The zero-order valence-corrected chi connectivity index (χ0v) is 20.0. The van der Waals surface area contributed by atoms with Gasteiger partial charge in [-0.2, -0.15) is 4.31 Å². The maximum atomic E-state index is 13.2. The molecule has 0 saturated carbocycles. The second-order valence-electron chi connectivity index (χ2n) is 8.26. The standard InChI is InChI=1S/C26H25FN2O5S/c1-19-5-7-20(8-6-19)25(30)18-34-26(31)21-3-2-4-24(17-21)35(32,33)29-15-13-28(14-16-29)23-11-9-22(27)10-12-23/h2-12,17H,13-16,18H2,1H3. The van der Waals surface area contributed by atoms with Gasteiger partial charge < -0.3 is 9.64 Å². The molecule has 1 aliphatic heterocycles. The number of halogens is 1. The van der Waals surface area contributed by atoms with Crippen molar-refractivity contribution in [2.45, 2.75) is 11.8 Å². The summed E-state index contributed by atoms with van der Waals surface area (Å²) in [6.45, 7) is 2.87. The summed E-state index contributed by atoms with van der Waals surface area (Å²) in [4.78, 5) is 26.7. The number of rotatable bonds is 7. The van der Waals surface area contributed by atoms with Crippen LogP contribution in [0.4, 0.5) is 10.1 Å². The molecule has 182 valence electrons. The number of carbonyl (C=O) groups is 2. The minimum Gasteiger partial charge on any atom is -0.454 e. The Bertz CT molecular complexity index is 1320. The highest BCUT2D eigenvalue weighted by Crippen LogP contribution is 2.22. The monoisotopic (exact) mass is 496 g/mol. The van der Waals surface area contributed by atoms with E-state index in [4.69, 9.17) is 4.74 Å². The van der Waals surface area contributed by atoms with Gasteiger partial charge >= 0.3 is 5.97 Å². The molecule has 1 heterocycles. The van der Waals surface area contributed by atoms with Crippen LogP contribution in [0.3, 0.4) is 0 Å². The quantitative estimate of drug-likeness (QED) is 0.367. The molecule has 0 N–H and O–H groups in total. The summed E-state index contributed by atoms with van der Waals surface area (Å²) in [5.74, 6) is -1.45. The largest absolute Gasteiger partial charge is 0.454 e. The molecule has 0 unspecified atom stereocenters. The molecule has 0 radical (unpaired) electrons. The van der Waals surface area contributed by atoms with Gasteiger partial charge in [-0.15, -0.1) is 0 Å². The van der Waals surface area contributed by atoms with Gasteiger partial charge in [-0.25, -0.2) is 17.6 Å². The van der Waals surface area contributed by atoms with E-state index in [1.54, 1.807) is 36.4 Å². The minimum absolute atomic E-state index is 0.0213. The van der Waals surface area contributed by atoms with Crippen molar-refractivity contribution < 1.29 is 27.1 Å². The highest BCUT2D eigenvalue weighted by molar-refractivity contribution is 7.89. The molecule has 35 heavy (non-hydrogen) atoms. The average molecular weight is 497 g/mol. The van der Waals surface area contributed by atoms with Gasteiger partial charge in [0.25, 0.3) is 0 Å². The maximum Gasteiger partial charge on any atom is 0.338 e. The van der Waals surface area contributed by atoms with E-state index in [9.17, 15) is 22.4 Å². The Labute approximate surface area is 203 Å². The molecule has 4 rings (SSSR count). The predicted octanol–water partition coefficient (Wildman–Crippen LogP) is 3.68. The van der Waals surface area contributed by atoms with E-state index < -0.39 is 22.6 Å². The number of ether oxygens (including phenoxy) is 1. The van der Waals surface area contributed by atoms with E-state index in [2.05, 4.69) is 0 Å². The number of Topliss-reactive ketones (excluding diaryl/α,β-unsaturated/α-hetero) is 1. The second-order valence-corrected chi connectivity index (χ2v) is 10.2. The number of esters is 1. The van der Waals surface area contributed by atoms with E-state index in [0.717, 1.165) is 11.3 Å². The third-order valence-corrected chi connectivity index (χ3v) is 7.74. The van der Waals surface area contributed by atoms with Gasteiger partial charge in [-0.3, -0.25) is 4.79 Å². The fourth-order valence-corrected chi connectivity index (χ4v) is 5.28. The Kier molecular flexibility index (Phi) is 7.28. The second kappa shape index (κ2) is 10.4. The van der Waals surface area contributed by atoms with E-state index in [1.165, 1.54) is 40.7 Å². The molecule has 3 aromatic rings. The lowest BCUT2D eigenvalue weighted by molar-refractivity contribution is 0.0474. The van der Waals surface area contributed by atoms with Gasteiger partial charge in [-0.1, -0.05) is 35.9 Å². The van der Waals surface area contributed by atoms with E-state index in [1.807, 2.05) is 11.8 Å². The topological polar surface area (TPSA) is 84.0 Å². The molecule has 1 saturated heterocycles. The van der Waals surface area contributed by atoms with Gasteiger partial charge in [0.2, 0.25) is 10.0 Å². The minimum atomic E-state index is -3.84. The van der Waals surface area contributed by atoms with Crippen molar-refractivity contribution in [2.75, 3.05) is 37.7 Å². The van der Waals surface area contributed by atoms with Gasteiger partial charge in [0, 0.05) is 37.4 Å². The first-order valence-corrected chi connectivity index (χ1v) is 12.6. The summed E-state index contributed by atoms with van der Waals surface area (Å²) in [5.41, 5.74) is 2.31. The number of nitrogens with zero attached hydrogens (tertiary/aromatic N) is 2.